The Bertz CT molecular complexity index is 372. The van der Waals surface area contributed by atoms with Gasteiger partial charge in [-0.15, -0.1) is 0 Å². The van der Waals surface area contributed by atoms with E-state index >= 15 is 0 Å². The van der Waals surface area contributed by atoms with Crippen molar-refractivity contribution in [3.63, 3.8) is 0 Å². The minimum Gasteiger partial charge on any atom is -0.508 e. The fraction of sp³-hybridized carbons (Fsp3) is 0.222. The second kappa shape index (κ2) is 3.91. The van der Waals surface area contributed by atoms with Gasteiger partial charge in [0.15, 0.2) is 0 Å². The van der Waals surface area contributed by atoms with Crippen LogP contribution in [0.4, 0.5) is 0 Å². The molecule has 4 N–H and O–H groups in total. The van der Waals surface area contributed by atoms with Crippen molar-refractivity contribution in [3.8, 4) is 5.75 Å². The average Bonchev–Trinajstić information content (AvgIpc) is 2.13. The third-order valence-electron chi connectivity index (χ3n) is 1.56. The Hall–Kier alpha value is -1.55. The number of carboxylic acids is 1. The van der Waals surface area contributed by atoms with Gasteiger partial charge >= 0.3 is 5.97 Å². The topological polar surface area (TPSA) is 83.6 Å². The van der Waals surface area contributed by atoms with Gasteiger partial charge in [-0.2, -0.15) is 0 Å². The van der Waals surface area contributed by atoms with E-state index in [0.717, 1.165) is 0 Å². The molecule has 4 heteroatoms. The van der Waals surface area contributed by atoms with E-state index in [1.165, 1.54) is 12.1 Å². The lowest BCUT2D eigenvalue weighted by Gasteiger charge is -2.05. The highest BCUT2D eigenvalue weighted by Crippen LogP contribution is 2.10. The van der Waals surface area contributed by atoms with Gasteiger partial charge in [0, 0.05) is 0 Å². The van der Waals surface area contributed by atoms with Gasteiger partial charge in [-0.3, -0.25) is 4.79 Å². The molecule has 1 aromatic rings. The van der Waals surface area contributed by atoms with Crippen LogP contribution in [0.15, 0.2) is 24.2 Å². The van der Waals surface area contributed by atoms with Gasteiger partial charge in [-0.1, -0.05) is 12.1 Å². The van der Waals surface area contributed by atoms with Crippen LogP contribution in [0.1, 0.15) is 8.30 Å². The third kappa shape index (κ3) is 2.76. The zero-order chi connectivity index (χ0) is 11.6. The van der Waals surface area contributed by atoms with Crippen LogP contribution < -0.4 is 5.73 Å². The van der Waals surface area contributed by atoms with Gasteiger partial charge in [-0.25, -0.2) is 0 Å². The van der Waals surface area contributed by atoms with Crippen LogP contribution in [0.5, 0.6) is 5.75 Å². The largest absolute Gasteiger partial charge is 0.508 e. The predicted octanol–water partition coefficient (Wildman–Crippen LogP) is 0.347. The summed E-state index contributed by atoms with van der Waals surface area (Å²) in [6.07, 6.45) is 0.0351. The first-order valence-electron chi connectivity index (χ1n) is 4.69. The number of hydrogen-bond acceptors (Lipinski definition) is 3. The first-order chi connectivity index (χ1) is 6.91. The van der Waals surface area contributed by atoms with Crippen molar-refractivity contribution in [3.05, 3.63) is 29.8 Å². The summed E-state index contributed by atoms with van der Waals surface area (Å²) in [5.74, 6) is -1.55. The highest BCUT2D eigenvalue weighted by atomic mass is 16.4. The molecule has 0 aliphatic carbocycles. The second-order valence-corrected chi connectivity index (χ2v) is 2.65. The molecule has 70 valence electrons. The minimum absolute atomic E-state index is 0.0351. The molecule has 1 rings (SSSR count). The molecule has 0 heterocycles. The Morgan fingerprint density at radius 3 is 2.62 bits per heavy atom. The van der Waals surface area contributed by atoms with Gasteiger partial charge in [0.1, 0.15) is 11.8 Å². The summed E-state index contributed by atoms with van der Waals surface area (Å²) in [4.78, 5) is 10.5. The molecule has 0 fully saturated rings. The maximum Gasteiger partial charge on any atom is 0.320 e. The SMILES string of the molecule is [3H]c1cc(C[C@H](N)C(=O)O)cc([3H])c1O. The van der Waals surface area contributed by atoms with E-state index in [1.807, 2.05) is 0 Å². The Morgan fingerprint density at radius 2 is 2.15 bits per heavy atom. The van der Waals surface area contributed by atoms with Crippen LogP contribution in [0.2, 0.25) is 0 Å². The predicted molar refractivity (Wildman–Crippen MR) is 47.4 cm³/mol. The average molecular weight is 185 g/mol. The van der Waals surface area contributed by atoms with Crippen molar-refractivity contribution in [1.29, 1.82) is 0 Å². The van der Waals surface area contributed by atoms with Crippen LogP contribution in [-0.4, -0.2) is 22.2 Å². The first-order valence-corrected chi connectivity index (χ1v) is 3.69. The number of aliphatic carboxylic acids is 1. The van der Waals surface area contributed by atoms with Gasteiger partial charge in [-0.05, 0) is 24.1 Å². The number of carboxylic acid groups (broad SMARTS) is 1. The van der Waals surface area contributed by atoms with E-state index < -0.39 is 17.8 Å². The van der Waals surface area contributed by atoms with Crippen molar-refractivity contribution in [2.24, 2.45) is 5.73 Å². The smallest absolute Gasteiger partial charge is 0.320 e. The molecule has 0 aliphatic rings. The summed E-state index contributed by atoms with van der Waals surface area (Å²) >= 11 is 0. The molecule has 0 radical (unpaired) electrons. The third-order valence-corrected chi connectivity index (χ3v) is 1.56. The summed E-state index contributed by atoms with van der Waals surface area (Å²) in [6.45, 7) is 0. The fourth-order valence-corrected chi connectivity index (χ4v) is 0.865. The number of benzene rings is 1. The molecule has 1 atom stereocenters. The van der Waals surface area contributed by atoms with Gasteiger partial charge in [0.25, 0.3) is 0 Å². The molecule has 0 unspecified atom stereocenters. The Morgan fingerprint density at radius 1 is 1.62 bits per heavy atom. The Kier molecular flexibility index (Phi) is 2.08. The molecule has 0 saturated heterocycles. The van der Waals surface area contributed by atoms with E-state index in [4.69, 9.17) is 18.7 Å². The summed E-state index contributed by atoms with van der Waals surface area (Å²) < 4.78 is 14.6. The van der Waals surface area contributed by atoms with E-state index in [-0.39, 0.29) is 18.5 Å². The van der Waals surface area contributed by atoms with Gasteiger partial charge < -0.3 is 15.9 Å². The normalized spacial score (nSPS) is 14.5. The molecule has 0 aromatic heterocycles. The number of phenolic OH excluding ortho intramolecular Hbond substituents is 1. The monoisotopic (exact) mass is 185 g/mol. The van der Waals surface area contributed by atoms with E-state index in [1.54, 1.807) is 0 Å². The van der Waals surface area contributed by atoms with Crippen LogP contribution in [0, 0.1) is 0 Å². The number of nitrogens with two attached hydrogens (primary N) is 1. The molecule has 13 heavy (non-hydrogen) atoms. The molecule has 0 amide bonds. The number of hydrogen-bond donors (Lipinski definition) is 3. The van der Waals surface area contributed by atoms with Crippen LogP contribution in [0.25, 0.3) is 0 Å². The summed E-state index contributed by atoms with van der Waals surface area (Å²) in [7, 11) is 0. The number of carbonyl (C=O) groups is 1. The summed E-state index contributed by atoms with van der Waals surface area (Å²) in [5, 5.41) is 17.7. The van der Waals surface area contributed by atoms with Crippen LogP contribution in [0.3, 0.4) is 0 Å². The maximum absolute atomic E-state index is 10.5. The molecule has 0 saturated carbocycles. The van der Waals surface area contributed by atoms with Crippen molar-refractivity contribution in [2.75, 3.05) is 0 Å². The van der Waals surface area contributed by atoms with E-state index in [9.17, 15) is 4.79 Å². The molecule has 4 nitrogen and oxygen atoms in total. The maximum atomic E-state index is 10.5. The highest BCUT2D eigenvalue weighted by Gasteiger charge is 2.11. The highest BCUT2D eigenvalue weighted by molar-refractivity contribution is 5.73. The standard InChI is InChI=1S/C9H11NO3/c10-8(9(12)13)5-6-1-3-7(11)4-2-6/h1-4,8,11H,5,10H2,(H,12,13)/t8-/m0/s1/i3T,4T. The Balaban J connectivity index is 2.92. The summed E-state index contributed by atoms with van der Waals surface area (Å²) in [5.41, 5.74) is 5.76. The van der Waals surface area contributed by atoms with Crippen LogP contribution in [-0.2, 0) is 11.2 Å². The molecule has 1 aromatic carbocycles. The molecule has 0 spiro atoms. The van der Waals surface area contributed by atoms with Crippen LogP contribution >= 0.6 is 0 Å². The fourth-order valence-electron chi connectivity index (χ4n) is 0.865. The lowest BCUT2D eigenvalue weighted by molar-refractivity contribution is -0.138. The summed E-state index contributed by atoms with van der Waals surface area (Å²) in [6, 6.07) is 1.14. The van der Waals surface area contributed by atoms with Crippen molar-refractivity contribution >= 4 is 5.97 Å². The second-order valence-electron chi connectivity index (χ2n) is 2.65. The zero-order valence-corrected chi connectivity index (χ0v) is 6.82. The lowest BCUT2D eigenvalue weighted by atomic mass is 10.1. The quantitative estimate of drug-likeness (QED) is 0.634. The van der Waals surface area contributed by atoms with Crippen molar-refractivity contribution in [2.45, 2.75) is 12.5 Å². The minimum atomic E-state index is -1.14. The Labute approximate surface area is 78.4 Å². The van der Waals surface area contributed by atoms with Crippen molar-refractivity contribution < 1.29 is 17.7 Å². The first kappa shape index (κ1) is 6.91. The molecule has 0 bridgehead atoms. The molecular formula is C9H11NO3. The molecule has 0 aliphatic heterocycles. The van der Waals surface area contributed by atoms with Gasteiger partial charge in [0.05, 0.1) is 2.74 Å². The lowest BCUT2D eigenvalue weighted by Crippen LogP contribution is -2.32. The van der Waals surface area contributed by atoms with Crippen molar-refractivity contribution in [1.82, 2.24) is 0 Å². The number of phenols is 1. The zero-order valence-electron chi connectivity index (χ0n) is 8.82. The van der Waals surface area contributed by atoms with Gasteiger partial charge in [0.2, 0.25) is 0 Å². The molecular weight excluding hydrogens is 170 g/mol. The number of aromatic hydroxyl groups is 1. The van der Waals surface area contributed by atoms with E-state index in [0.29, 0.717) is 5.56 Å². The number of rotatable bonds is 3. The van der Waals surface area contributed by atoms with E-state index in [2.05, 4.69) is 0 Å².